The van der Waals surface area contributed by atoms with Crippen molar-refractivity contribution in [3.05, 3.63) is 38.7 Å². The molecule has 5 nitrogen and oxygen atoms in total. The van der Waals surface area contributed by atoms with Crippen LogP contribution in [0.1, 0.15) is 11.7 Å². The zero-order chi connectivity index (χ0) is 14.3. The van der Waals surface area contributed by atoms with Gasteiger partial charge in [0.2, 0.25) is 5.89 Å². The van der Waals surface area contributed by atoms with Crippen LogP contribution in [0.5, 0.6) is 0 Å². The van der Waals surface area contributed by atoms with E-state index in [0.717, 1.165) is 11.0 Å². The largest absolute Gasteiger partial charge is 0.339 e. The number of nitrogens with one attached hydrogen (secondary N) is 1. The highest BCUT2D eigenvalue weighted by atomic mass is 35.5. The van der Waals surface area contributed by atoms with Gasteiger partial charge in [0.1, 0.15) is 0 Å². The Morgan fingerprint density at radius 3 is 2.80 bits per heavy atom. The molecule has 0 amide bonds. The Bertz CT molecular complexity index is 836. The minimum atomic E-state index is 0.495. The lowest BCUT2D eigenvalue weighted by Crippen LogP contribution is -2.01. The quantitative estimate of drug-likeness (QED) is 0.740. The standard InChI is InChI=1S/C12H10Cl2N4OS/c1-6-15-11(19-17-6)2-3-18-10-5-8(14)7(13)4-9(10)16-12(18)20/h4-5H,2-3H2,1H3,(H,16,20). The fraction of sp³-hybridized carbons (Fsp3) is 0.250. The van der Waals surface area contributed by atoms with Crippen LogP contribution in [0.15, 0.2) is 16.7 Å². The van der Waals surface area contributed by atoms with E-state index >= 15 is 0 Å². The van der Waals surface area contributed by atoms with Crippen LogP contribution in [-0.4, -0.2) is 19.7 Å². The Morgan fingerprint density at radius 1 is 1.35 bits per heavy atom. The smallest absolute Gasteiger partial charge is 0.228 e. The van der Waals surface area contributed by atoms with Crippen LogP contribution in [-0.2, 0) is 13.0 Å². The maximum absolute atomic E-state index is 6.06. The van der Waals surface area contributed by atoms with E-state index in [-0.39, 0.29) is 0 Å². The van der Waals surface area contributed by atoms with Crippen molar-refractivity contribution < 1.29 is 4.52 Å². The number of rotatable bonds is 3. The lowest BCUT2D eigenvalue weighted by atomic mass is 10.3. The van der Waals surface area contributed by atoms with Crippen LogP contribution in [0.4, 0.5) is 0 Å². The molecule has 0 atom stereocenters. The van der Waals surface area contributed by atoms with Crippen molar-refractivity contribution in [1.29, 1.82) is 0 Å². The highest BCUT2D eigenvalue weighted by Gasteiger charge is 2.10. The first-order chi connectivity index (χ1) is 9.54. The van der Waals surface area contributed by atoms with E-state index in [2.05, 4.69) is 15.1 Å². The molecule has 0 bridgehead atoms. The number of H-pyrrole nitrogens is 1. The molecule has 0 unspecified atom stereocenters. The van der Waals surface area contributed by atoms with Crippen LogP contribution in [0, 0.1) is 11.7 Å². The first kappa shape index (κ1) is 13.6. The number of benzene rings is 1. The second-order valence-electron chi connectivity index (χ2n) is 4.35. The summed E-state index contributed by atoms with van der Waals surface area (Å²) >= 11 is 17.4. The summed E-state index contributed by atoms with van der Waals surface area (Å²) in [5, 5.41) is 4.75. The maximum Gasteiger partial charge on any atom is 0.228 e. The topological polar surface area (TPSA) is 59.6 Å². The number of hydrogen-bond donors (Lipinski definition) is 1. The van der Waals surface area contributed by atoms with Gasteiger partial charge in [-0.15, -0.1) is 0 Å². The fourth-order valence-electron chi connectivity index (χ4n) is 2.02. The highest BCUT2D eigenvalue weighted by Crippen LogP contribution is 2.27. The van der Waals surface area contributed by atoms with Gasteiger partial charge in [-0.1, -0.05) is 28.4 Å². The van der Waals surface area contributed by atoms with Gasteiger partial charge in [0, 0.05) is 13.0 Å². The number of aryl methyl sites for hydroxylation is 3. The normalized spacial score (nSPS) is 11.3. The number of hydrogen-bond acceptors (Lipinski definition) is 4. The molecular formula is C12H10Cl2N4OS. The second kappa shape index (κ2) is 5.20. The Balaban J connectivity index is 1.96. The average Bonchev–Trinajstić information content (AvgIpc) is 2.92. The molecule has 0 aliphatic carbocycles. The summed E-state index contributed by atoms with van der Waals surface area (Å²) in [7, 11) is 0. The Labute approximate surface area is 129 Å². The Morgan fingerprint density at radius 2 is 2.10 bits per heavy atom. The van der Waals surface area contributed by atoms with E-state index in [1.807, 2.05) is 4.57 Å². The highest BCUT2D eigenvalue weighted by molar-refractivity contribution is 7.71. The van der Waals surface area contributed by atoms with Crippen molar-refractivity contribution in [2.45, 2.75) is 19.9 Å². The maximum atomic E-state index is 6.06. The van der Waals surface area contributed by atoms with Crippen LogP contribution in [0.25, 0.3) is 11.0 Å². The summed E-state index contributed by atoms with van der Waals surface area (Å²) in [6.45, 7) is 2.41. The molecule has 0 saturated heterocycles. The van der Waals surface area contributed by atoms with Gasteiger partial charge in [0.05, 0.1) is 21.1 Å². The van der Waals surface area contributed by atoms with Crippen molar-refractivity contribution >= 4 is 46.5 Å². The van der Waals surface area contributed by atoms with E-state index < -0.39 is 0 Å². The van der Waals surface area contributed by atoms with Gasteiger partial charge >= 0.3 is 0 Å². The molecule has 2 aromatic heterocycles. The molecule has 3 aromatic rings. The molecule has 0 aliphatic heterocycles. The molecule has 0 radical (unpaired) electrons. The summed E-state index contributed by atoms with van der Waals surface area (Å²) in [5.41, 5.74) is 1.76. The van der Waals surface area contributed by atoms with Crippen molar-refractivity contribution in [3.8, 4) is 0 Å². The summed E-state index contributed by atoms with van der Waals surface area (Å²) in [6.07, 6.45) is 0.600. The molecule has 104 valence electrons. The third kappa shape index (κ3) is 2.46. The van der Waals surface area contributed by atoms with E-state index in [4.69, 9.17) is 39.9 Å². The molecule has 0 aliphatic rings. The summed E-state index contributed by atoms with van der Waals surface area (Å²) < 4.78 is 7.63. The molecule has 8 heteroatoms. The van der Waals surface area contributed by atoms with Gasteiger partial charge in [0.25, 0.3) is 0 Å². The van der Waals surface area contributed by atoms with Crippen molar-refractivity contribution in [2.75, 3.05) is 0 Å². The minimum absolute atomic E-state index is 0.495. The molecule has 3 rings (SSSR count). The summed E-state index contributed by atoms with van der Waals surface area (Å²) in [6, 6.07) is 3.56. The van der Waals surface area contributed by atoms with Gasteiger partial charge in [-0.05, 0) is 31.3 Å². The van der Waals surface area contributed by atoms with E-state index in [1.54, 1.807) is 19.1 Å². The van der Waals surface area contributed by atoms with Gasteiger partial charge in [0.15, 0.2) is 10.6 Å². The third-order valence-corrected chi connectivity index (χ3v) is 3.98. The van der Waals surface area contributed by atoms with Crippen molar-refractivity contribution in [3.63, 3.8) is 0 Å². The van der Waals surface area contributed by atoms with E-state index in [1.165, 1.54) is 0 Å². The molecule has 1 N–H and O–H groups in total. The molecule has 0 fully saturated rings. The van der Waals surface area contributed by atoms with Crippen LogP contribution < -0.4 is 0 Å². The summed E-state index contributed by atoms with van der Waals surface area (Å²) in [4.78, 5) is 7.27. The van der Waals surface area contributed by atoms with Gasteiger partial charge in [-0.3, -0.25) is 0 Å². The van der Waals surface area contributed by atoms with Gasteiger partial charge in [-0.2, -0.15) is 4.98 Å². The first-order valence-electron chi connectivity index (χ1n) is 5.91. The number of nitrogens with zero attached hydrogens (tertiary/aromatic N) is 3. The molecular weight excluding hydrogens is 319 g/mol. The molecule has 2 heterocycles. The number of fused-ring (bicyclic) bond motifs is 1. The Hall–Kier alpha value is -1.37. The van der Waals surface area contributed by atoms with Crippen molar-refractivity contribution in [1.82, 2.24) is 19.7 Å². The van der Waals surface area contributed by atoms with Crippen LogP contribution in [0.3, 0.4) is 0 Å². The first-order valence-corrected chi connectivity index (χ1v) is 7.08. The van der Waals surface area contributed by atoms with E-state index in [0.29, 0.717) is 39.5 Å². The summed E-state index contributed by atoms with van der Waals surface area (Å²) in [5.74, 6) is 1.20. The predicted octanol–water partition coefficient (Wildman–Crippen LogP) is 3.94. The second-order valence-corrected chi connectivity index (χ2v) is 5.55. The third-order valence-electron chi connectivity index (χ3n) is 2.94. The monoisotopic (exact) mass is 328 g/mol. The minimum Gasteiger partial charge on any atom is -0.339 e. The number of halogens is 2. The molecule has 0 spiro atoms. The zero-order valence-electron chi connectivity index (χ0n) is 10.5. The van der Waals surface area contributed by atoms with Gasteiger partial charge < -0.3 is 14.1 Å². The average molecular weight is 329 g/mol. The fourth-order valence-corrected chi connectivity index (χ4v) is 2.64. The SMILES string of the molecule is Cc1noc(CCn2c(=S)[nH]c3cc(Cl)c(Cl)cc32)n1. The van der Waals surface area contributed by atoms with Gasteiger partial charge in [-0.25, -0.2) is 0 Å². The molecule has 0 saturated carbocycles. The Kier molecular flexibility index (Phi) is 3.54. The lowest BCUT2D eigenvalue weighted by molar-refractivity contribution is 0.369. The number of aromatic nitrogens is 4. The predicted molar refractivity (Wildman–Crippen MR) is 79.9 cm³/mol. The lowest BCUT2D eigenvalue weighted by Gasteiger charge is -2.03. The zero-order valence-corrected chi connectivity index (χ0v) is 12.8. The van der Waals surface area contributed by atoms with Crippen LogP contribution >= 0.6 is 35.4 Å². The molecule has 20 heavy (non-hydrogen) atoms. The number of imidazole rings is 1. The van der Waals surface area contributed by atoms with E-state index in [9.17, 15) is 0 Å². The molecule has 1 aromatic carbocycles. The van der Waals surface area contributed by atoms with Crippen LogP contribution in [0.2, 0.25) is 10.0 Å². The van der Waals surface area contributed by atoms with Crippen molar-refractivity contribution in [2.24, 2.45) is 0 Å². The number of aromatic amines is 1.